The molecule has 2 aromatic rings. The molecule has 0 aliphatic rings. The third-order valence-corrected chi connectivity index (χ3v) is 4.27. The molecular weight excluding hydrogens is 292 g/mol. The highest BCUT2D eigenvalue weighted by molar-refractivity contribution is 7.99. The molecule has 1 atom stereocenters. The first-order valence-electron chi connectivity index (χ1n) is 7.40. The maximum absolute atomic E-state index is 11.9. The smallest absolute Gasteiger partial charge is 0.241 e. The minimum Gasteiger partial charge on any atom is -0.325 e. The van der Waals surface area contributed by atoms with Gasteiger partial charge in [-0.1, -0.05) is 30.8 Å². The van der Waals surface area contributed by atoms with E-state index < -0.39 is 6.04 Å². The van der Waals surface area contributed by atoms with Gasteiger partial charge in [0.05, 0.1) is 6.04 Å². The van der Waals surface area contributed by atoms with Gasteiger partial charge < -0.3 is 11.1 Å². The van der Waals surface area contributed by atoms with Crippen LogP contribution in [-0.4, -0.2) is 11.9 Å². The number of benzene rings is 2. The Morgan fingerprint density at radius 1 is 1.14 bits per heavy atom. The van der Waals surface area contributed by atoms with Gasteiger partial charge >= 0.3 is 0 Å². The molecule has 0 heterocycles. The molecule has 0 saturated carbocycles. The monoisotopic (exact) mass is 314 g/mol. The van der Waals surface area contributed by atoms with Crippen LogP contribution in [0, 0.1) is 13.8 Å². The van der Waals surface area contributed by atoms with E-state index in [2.05, 4.69) is 37.4 Å². The molecule has 3 N–H and O–H groups in total. The van der Waals surface area contributed by atoms with Crippen molar-refractivity contribution >= 4 is 23.4 Å². The maximum atomic E-state index is 11.9. The molecule has 22 heavy (non-hydrogen) atoms. The van der Waals surface area contributed by atoms with Gasteiger partial charge in [-0.05, 0) is 61.7 Å². The first-order valence-corrected chi connectivity index (χ1v) is 8.22. The second-order valence-corrected chi connectivity index (χ2v) is 6.60. The van der Waals surface area contributed by atoms with Crippen LogP contribution in [0.4, 0.5) is 5.69 Å². The summed E-state index contributed by atoms with van der Waals surface area (Å²) in [6, 6.07) is 13.9. The summed E-state index contributed by atoms with van der Waals surface area (Å²) in [5.41, 5.74) is 9.02. The number of carbonyl (C=O) groups excluding carboxylic acids is 1. The summed E-state index contributed by atoms with van der Waals surface area (Å²) >= 11 is 1.69. The quantitative estimate of drug-likeness (QED) is 0.872. The van der Waals surface area contributed by atoms with Crippen LogP contribution in [0.15, 0.2) is 52.3 Å². The largest absolute Gasteiger partial charge is 0.325 e. The van der Waals surface area contributed by atoms with E-state index in [4.69, 9.17) is 5.73 Å². The number of nitrogens with one attached hydrogen (secondary N) is 1. The molecule has 0 radical (unpaired) electrons. The third-order valence-electron chi connectivity index (χ3n) is 3.31. The zero-order valence-electron chi connectivity index (χ0n) is 13.2. The lowest BCUT2D eigenvalue weighted by Gasteiger charge is -2.11. The molecule has 1 amide bonds. The third kappa shape index (κ3) is 4.61. The van der Waals surface area contributed by atoms with Crippen molar-refractivity contribution in [3.05, 3.63) is 53.6 Å². The van der Waals surface area contributed by atoms with Crippen molar-refractivity contribution in [2.75, 3.05) is 5.32 Å². The molecule has 0 spiro atoms. The number of hydrogen-bond acceptors (Lipinski definition) is 3. The lowest BCUT2D eigenvalue weighted by Crippen LogP contribution is -2.34. The Labute approximate surface area is 136 Å². The molecule has 1 unspecified atom stereocenters. The molecule has 116 valence electrons. The van der Waals surface area contributed by atoms with Gasteiger partial charge in [0.1, 0.15) is 0 Å². The standard InChI is InChI=1S/C18H22N2OS/c1-4-17(19)18(21)20-14-6-5-7-15(11-14)22-16-9-12(2)8-13(3)10-16/h5-11,17H,4,19H2,1-3H3,(H,20,21). The van der Waals surface area contributed by atoms with E-state index in [1.165, 1.54) is 16.0 Å². The molecule has 4 heteroatoms. The number of rotatable bonds is 5. The molecule has 2 rings (SSSR count). The van der Waals surface area contributed by atoms with Crippen LogP contribution < -0.4 is 11.1 Å². The lowest BCUT2D eigenvalue weighted by molar-refractivity contribution is -0.117. The number of nitrogens with two attached hydrogens (primary N) is 1. The van der Waals surface area contributed by atoms with E-state index in [0.717, 1.165) is 10.6 Å². The van der Waals surface area contributed by atoms with Crippen LogP contribution in [0.1, 0.15) is 24.5 Å². The molecule has 0 fully saturated rings. The fraction of sp³-hybridized carbons (Fsp3) is 0.278. The van der Waals surface area contributed by atoms with E-state index in [0.29, 0.717) is 6.42 Å². The predicted octanol–water partition coefficient (Wildman–Crippen LogP) is 4.13. The van der Waals surface area contributed by atoms with Gasteiger partial charge in [0, 0.05) is 15.5 Å². The second kappa shape index (κ2) is 7.47. The normalized spacial score (nSPS) is 12.0. The van der Waals surface area contributed by atoms with Gasteiger partial charge in [-0.15, -0.1) is 0 Å². The zero-order chi connectivity index (χ0) is 16.1. The van der Waals surface area contributed by atoms with Gasteiger partial charge in [0.15, 0.2) is 0 Å². The first-order chi connectivity index (χ1) is 10.5. The topological polar surface area (TPSA) is 55.1 Å². The Hall–Kier alpha value is -1.78. The van der Waals surface area contributed by atoms with E-state index in [1.807, 2.05) is 31.2 Å². The number of anilines is 1. The summed E-state index contributed by atoms with van der Waals surface area (Å²) in [6.07, 6.45) is 0.628. The first kappa shape index (κ1) is 16.6. The summed E-state index contributed by atoms with van der Waals surface area (Å²) < 4.78 is 0. The highest BCUT2D eigenvalue weighted by Crippen LogP contribution is 2.30. The summed E-state index contributed by atoms with van der Waals surface area (Å²) in [5, 5.41) is 2.86. The molecule has 3 nitrogen and oxygen atoms in total. The van der Waals surface area contributed by atoms with E-state index in [-0.39, 0.29) is 5.91 Å². The van der Waals surface area contributed by atoms with Crippen molar-refractivity contribution in [1.82, 2.24) is 0 Å². The maximum Gasteiger partial charge on any atom is 0.241 e. The number of amides is 1. The Balaban J connectivity index is 2.13. The van der Waals surface area contributed by atoms with Crippen LogP contribution in [0.5, 0.6) is 0 Å². The molecular formula is C18H22N2OS. The van der Waals surface area contributed by atoms with Crippen LogP contribution in [0.2, 0.25) is 0 Å². The van der Waals surface area contributed by atoms with E-state index >= 15 is 0 Å². The molecule has 0 bridgehead atoms. The zero-order valence-corrected chi connectivity index (χ0v) is 14.0. The number of carbonyl (C=O) groups is 1. The van der Waals surface area contributed by atoms with Crippen LogP contribution in [-0.2, 0) is 4.79 Å². The highest BCUT2D eigenvalue weighted by atomic mass is 32.2. The Morgan fingerprint density at radius 2 is 1.82 bits per heavy atom. The summed E-state index contributed by atoms with van der Waals surface area (Å²) in [5.74, 6) is -0.143. The minimum absolute atomic E-state index is 0.143. The lowest BCUT2D eigenvalue weighted by atomic mass is 10.2. The summed E-state index contributed by atoms with van der Waals surface area (Å²) in [4.78, 5) is 14.2. The molecule has 0 aromatic heterocycles. The second-order valence-electron chi connectivity index (χ2n) is 5.46. The molecule has 0 saturated heterocycles. The molecule has 0 aliphatic heterocycles. The van der Waals surface area contributed by atoms with Crippen molar-refractivity contribution in [1.29, 1.82) is 0 Å². The average molecular weight is 314 g/mol. The highest BCUT2D eigenvalue weighted by Gasteiger charge is 2.11. The SMILES string of the molecule is CCC(N)C(=O)Nc1cccc(Sc2cc(C)cc(C)c2)c1. The van der Waals surface area contributed by atoms with Crippen molar-refractivity contribution < 1.29 is 4.79 Å². The van der Waals surface area contributed by atoms with Gasteiger partial charge in [0.2, 0.25) is 5.91 Å². The average Bonchev–Trinajstić information content (AvgIpc) is 2.45. The van der Waals surface area contributed by atoms with Crippen LogP contribution in [0.25, 0.3) is 0 Å². The van der Waals surface area contributed by atoms with Crippen molar-refractivity contribution in [2.24, 2.45) is 5.73 Å². The summed E-state index contributed by atoms with van der Waals surface area (Å²) in [7, 11) is 0. The number of aryl methyl sites for hydroxylation is 2. The minimum atomic E-state index is -0.462. The Morgan fingerprint density at radius 3 is 2.45 bits per heavy atom. The fourth-order valence-electron chi connectivity index (χ4n) is 2.19. The van der Waals surface area contributed by atoms with Gasteiger partial charge in [-0.3, -0.25) is 4.79 Å². The van der Waals surface area contributed by atoms with Gasteiger partial charge in [-0.2, -0.15) is 0 Å². The Bertz CT molecular complexity index is 650. The van der Waals surface area contributed by atoms with Crippen molar-refractivity contribution in [3.8, 4) is 0 Å². The molecule has 0 aliphatic carbocycles. The van der Waals surface area contributed by atoms with Crippen LogP contribution >= 0.6 is 11.8 Å². The predicted molar refractivity (Wildman–Crippen MR) is 93.4 cm³/mol. The molecule has 2 aromatic carbocycles. The van der Waals surface area contributed by atoms with Gasteiger partial charge in [0.25, 0.3) is 0 Å². The fourth-order valence-corrected chi connectivity index (χ4v) is 3.28. The van der Waals surface area contributed by atoms with Crippen molar-refractivity contribution in [3.63, 3.8) is 0 Å². The van der Waals surface area contributed by atoms with E-state index in [1.54, 1.807) is 11.8 Å². The van der Waals surface area contributed by atoms with Crippen LogP contribution in [0.3, 0.4) is 0 Å². The number of hydrogen-bond donors (Lipinski definition) is 2. The summed E-state index contributed by atoms with van der Waals surface area (Å²) in [6.45, 7) is 6.09. The van der Waals surface area contributed by atoms with Gasteiger partial charge in [-0.25, -0.2) is 0 Å². The van der Waals surface area contributed by atoms with E-state index in [9.17, 15) is 4.79 Å². The Kier molecular flexibility index (Phi) is 5.63. The van der Waals surface area contributed by atoms with Crippen molar-refractivity contribution in [2.45, 2.75) is 43.0 Å².